The largest absolute Gasteiger partial charge is 0.313 e. The van der Waals surface area contributed by atoms with Gasteiger partial charge >= 0.3 is 0 Å². The standard InChI is InChI=1S/C13H18FNS/c1-9-7-10(3-4-12(9)14)13(15-2)11-5-6-16-8-11/h3-4,7,11,13,15H,5-6,8H2,1-2H3. The lowest BCUT2D eigenvalue weighted by molar-refractivity contribution is 0.419. The van der Waals surface area contributed by atoms with Crippen molar-refractivity contribution in [1.82, 2.24) is 5.32 Å². The van der Waals surface area contributed by atoms with Gasteiger partial charge in [0.2, 0.25) is 0 Å². The quantitative estimate of drug-likeness (QED) is 0.869. The molecule has 0 spiro atoms. The zero-order valence-corrected chi connectivity index (χ0v) is 10.6. The van der Waals surface area contributed by atoms with E-state index in [9.17, 15) is 4.39 Å². The van der Waals surface area contributed by atoms with Crippen molar-refractivity contribution in [2.24, 2.45) is 5.92 Å². The molecule has 16 heavy (non-hydrogen) atoms. The van der Waals surface area contributed by atoms with E-state index < -0.39 is 0 Å². The monoisotopic (exact) mass is 239 g/mol. The molecule has 2 atom stereocenters. The molecule has 1 nitrogen and oxygen atoms in total. The van der Waals surface area contributed by atoms with Gasteiger partial charge in [0.15, 0.2) is 0 Å². The number of halogens is 1. The second-order valence-corrected chi connectivity index (χ2v) is 5.55. The van der Waals surface area contributed by atoms with Crippen LogP contribution in [0.2, 0.25) is 0 Å². The van der Waals surface area contributed by atoms with Crippen LogP contribution in [0.3, 0.4) is 0 Å². The second-order valence-electron chi connectivity index (χ2n) is 4.40. The molecule has 2 rings (SSSR count). The Morgan fingerprint density at radius 2 is 2.31 bits per heavy atom. The van der Waals surface area contributed by atoms with E-state index in [4.69, 9.17) is 0 Å². The van der Waals surface area contributed by atoms with Crippen LogP contribution in [0.4, 0.5) is 4.39 Å². The van der Waals surface area contributed by atoms with Crippen molar-refractivity contribution < 1.29 is 4.39 Å². The molecule has 1 saturated heterocycles. The number of aryl methyl sites for hydroxylation is 1. The highest BCUT2D eigenvalue weighted by Gasteiger charge is 2.25. The smallest absolute Gasteiger partial charge is 0.126 e. The van der Waals surface area contributed by atoms with Gasteiger partial charge in [-0.1, -0.05) is 12.1 Å². The van der Waals surface area contributed by atoms with Gasteiger partial charge in [0.25, 0.3) is 0 Å². The van der Waals surface area contributed by atoms with E-state index in [0.29, 0.717) is 12.0 Å². The summed E-state index contributed by atoms with van der Waals surface area (Å²) in [6.45, 7) is 1.83. The van der Waals surface area contributed by atoms with Gasteiger partial charge in [-0.05, 0) is 55.0 Å². The number of hydrogen-bond acceptors (Lipinski definition) is 2. The molecule has 0 amide bonds. The molecule has 0 radical (unpaired) electrons. The molecule has 1 aromatic rings. The number of nitrogens with one attached hydrogen (secondary N) is 1. The van der Waals surface area contributed by atoms with E-state index in [2.05, 4.69) is 5.32 Å². The van der Waals surface area contributed by atoms with Crippen LogP contribution < -0.4 is 5.32 Å². The fourth-order valence-corrected chi connectivity index (χ4v) is 3.65. The van der Waals surface area contributed by atoms with Crippen LogP contribution in [0.15, 0.2) is 18.2 Å². The Kier molecular flexibility index (Phi) is 3.87. The lowest BCUT2D eigenvalue weighted by atomic mass is 9.92. The maximum absolute atomic E-state index is 13.2. The minimum Gasteiger partial charge on any atom is -0.313 e. The van der Waals surface area contributed by atoms with Crippen LogP contribution >= 0.6 is 11.8 Å². The van der Waals surface area contributed by atoms with Crippen LogP contribution in [0, 0.1) is 18.7 Å². The first kappa shape index (κ1) is 11.9. The topological polar surface area (TPSA) is 12.0 Å². The van der Waals surface area contributed by atoms with Gasteiger partial charge in [0.1, 0.15) is 5.82 Å². The second kappa shape index (κ2) is 5.19. The summed E-state index contributed by atoms with van der Waals surface area (Å²) < 4.78 is 13.2. The predicted octanol–water partition coefficient (Wildman–Crippen LogP) is 3.15. The summed E-state index contributed by atoms with van der Waals surface area (Å²) in [6, 6.07) is 5.83. The fourth-order valence-electron chi connectivity index (χ4n) is 2.35. The molecular weight excluding hydrogens is 221 g/mol. The molecule has 0 bridgehead atoms. The Labute approximate surface area is 101 Å². The summed E-state index contributed by atoms with van der Waals surface area (Å²) in [6.07, 6.45) is 1.26. The molecule has 0 aromatic heterocycles. The van der Waals surface area contributed by atoms with E-state index in [0.717, 1.165) is 5.56 Å². The molecular formula is C13H18FNS. The maximum atomic E-state index is 13.2. The molecule has 1 heterocycles. The van der Waals surface area contributed by atoms with Gasteiger partial charge in [0.05, 0.1) is 0 Å². The van der Waals surface area contributed by atoms with Crippen molar-refractivity contribution in [2.75, 3.05) is 18.6 Å². The molecule has 1 fully saturated rings. The van der Waals surface area contributed by atoms with Gasteiger partial charge < -0.3 is 5.32 Å². The lowest BCUT2D eigenvalue weighted by Crippen LogP contribution is -2.25. The molecule has 1 N–H and O–H groups in total. The van der Waals surface area contributed by atoms with E-state index in [1.54, 1.807) is 6.07 Å². The summed E-state index contributed by atoms with van der Waals surface area (Å²) in [5.41, 5.74) is 1.96. The Balaban J connectivity index is 2.22. The first-order valence-electron chi connectivity index (χ1n) is 5.73. The van der Waals surface area contributed by atoms with Crippen molar-refractivity contribution in [3.05, 3.63) is 35.1 Å². The Morgan fingerprint density at radius 1 is 1.50 bits per heavy atom. The zero-order chi connectivity index (χ0) is 11.5. The minimum absolute atomic E-state index is 0.112. The maximum Gasteiger partial charge on any atom is 0.126 e. The normalized spacial score (nSPS) is 22.3. The highest BCUT2D eigenvalue weighted by atomic mass is 32.2. The highest BCUT2D eigenvalue weighted by molar-refractivity contribution is 7.99. The Bertz CT molecular complexity index is 361. The average Bonchev–Trinajstić information content (AvgIpc) is 2.78. The van der Waals surface area contributed by atoms with E-state index >= 15 is 0 Å². The summed E-state index contributed by atoms with van der Waals surface area (Å²) in [5.74, 6) is 3.03. The minimum atomic E-state index is -0.112. The summed E-state index contributed by atoms with van der Waals surface area (Å²) in [4.78, 5) is 0. The first-order chi connectivity index (χ1) is 7.72. The van der Waals surface area contributed by atoms with Crippen LogP contribution in [-0.4, -0.2) is 18.6 Å². The third kappa shape index (κ3) is 2.41. The Hall–Kier alpha value is -0.540. The predicted molar refractivity (Wildman–Crippen MR) is 68.4 cm³/mol. The summed E-state index contributed by atoms with van der Waals surface area (Å²) >= 11 is 2.01. The molecule has 0 aliphatic carbocycles. The zero-order valence-electron chi connectivity index (χ0n) is 9.79. The van der Waals surface area contributed by atoms with Crippen molar-refractivity contribution in [2.45, 2.75) is 19.4 Å². The van der Waals surface area contributed by atoms with Crippen molar-refractivity contribution in [3.63, 3.8) is 0 Å². The first-order valence-corrected chi connectivity index (χ1v) is 6.89. The van der Waals surface area contributed by atoms with E-state index in [1.807, 2.05) is 37.9 Å². The number of hydrogen-bond donors (Lipinski definition) is 1. The van der Waals surface area contributed by atoms with Crippen LogP contribution in [0.1, 0.15) is 23.6 Å². The molecule has 1 aliphatic rings. The van der Waals surface area contributed by atoms with E-state index in [1.165, 1.54) is 23.5 Å². The number of benzene rings is 1. The summed E-state index contributed by atoms with van der Waals surface area (Å²) in [7, 11) is 1.99. The molecule has 1 aliphatic heterocycles. The van der Waals surface area contributed by atoms with Crippen LogP contribution in [-0.2, 0) is 0 Å². The van der Waals surface area contributed by atoms with Crippen LogP contribution in [0.25, 0.3) is 0 Å². The van der Waals surface area contributed by atoms with Gasteiger partial charge in [-0.25, -0.2) is 4.39 Å². The summed E-state index contributed by atoms with van der Waals surface area (Å²) in [5, 5.41) is 3.37. The molecule has 88 valence electrons. The van der Waals surface area contributed by atoms with Gasteiger partial charge in [-0.2, -0.15) is 11.8 Å². The molecule has 3 heteroatoms. The van der Waals surface area contributed by atoms with Gasteiger partial charge in [-0.15, -0.1) is 0 Å². The van der Waals surface area contributed by atoms with Crippen molar-refractivity contribution >= 4 is 11.8 Å². The number of rotatable bonds is 3. The lowest BCUT2D eigenvalue weighted by Gasteiger charge is -2.23. The van der Waals surface area contributed by atoms with Crippen molar-refractivity contribution in [3.8, 4) is 0 Å². The molecule has 0 saturated carbocycles. The molecule has 1 aromatic carbocycles. The Morgan fingerprint density at radius 3 is 2.88 bits per heavy atom. The van der Waals surface area contributed by atoms with Gasteiger partial charge in [0, 0.05) is 6.04 Å². The third-order valence-corrected chi connectivity index (χ3v) is 4.48. The average molecular weight is 239 g/mol. The third-order valence-electron chi connectivity index (χ3n) is 3.29. The van der Waals surface area contributed by atoms with Crippen molar-refractivity contribution in [1.29, 1.82) is 0 Å². The highest BCUT2D eigenvalue weighted by Crippen LogP contribution is 2.34. The van der Waals surface area contributed by atoms with E-state index in [-0.39, 0.29) is 5.82 Å². The molecule has 2 unspecified atom stereocenters. The number of thioether (sulfide) groups is 1. The van der Waals surface area contributed by atoms with Gasteiger partial charge in [-0.3, -0.25) is 0 Å². The van der Waals surface area contributed by atoms with Crippen LogP contribution in [0.5, 0.6) is 0 Å². The SMILES string of the molecule is CNC(c1ccc(F)c(C)c1)C1CCSC1. The fraction of sp³-hybridized carbons (Fsp3) is 0.538.